The molecule has 0 aliphatic heterocycles. The Morgan fingerprint density at radius 3 is 0.574 bits per heavy atom. The minimum atomic E-state index is 0.294. The molecule has 2 heteroatoms. The zero-order valence-corrected chi connectivity index (χ0v) is 41.0. The van der Waals surface area contributed by atoms with E-state index in [2.05, 4.69) is 13.8 Å². The Morgan fingerprint density at radius 2 is 0.370 bits per heavy atom. The van der Waals surface area contributed by atoms with Crippen molar-refractivity contribution in [1.29, 1.82) is 0 Å². The van der Waals surface area contributed by atoms with Crippen molar-refractivity contribution in [2.75, 3.05) is 12.3 Å². The van der Waals surface area contributed by atoms with Crippen LogP contribution in [-0.4, -0.2) is 12.3 Å². The third-order valence-electron chi connectivity index (χ3n) is 12.7. The monoisotopic (exact) mass is 797 g/mol. The van der Waals surface area contributed by atoms with Crippen LogP contribution in [0, 0.1) is 0 Å². The normalized spacial score (nSPS) is 12.0. The maximum atomic E-state index is 2.31. The molecule has 0 nitrogen and oxygen atoms in total. The molecule has 328 valence electrons. The van der Waals surface area contributed by atoms with Crippen LogP contribution < -0.4 is 0 Å². The van der Waals surface area contributed by atoms with E-state index < -0.39 is 0 Å². The zero-order valence-electron chi connectivity index (χ0n) is 38.6. The van der Waals surface area contributed by atoms with Gasteiger partial charge in [-0.25, -0.2) is 0 Å². The third kappa shape index (κ3) is 52.9. The molecule has 0 rings (SSSR count). The molecular weight excluding hydrogens is 687 g/mol. The van der Waals surface area contributed by atoms with Gasteiger partial charge in [-0.15, -0.1) is 0 Å². The van der Waals surface area contributed by atoms with E-state index in [1.165, 1.54) is 304 Å². The molecule has 0 saturated carbocycles. The van der Waals surface area contributed by atoms with Crippen LogP contribution in [0.25, 0.3) is 0 Å². The molecule has 54 heavy (non-hydrogen) atoms. The van der Waals surface area contributed by atoms with Gasteiger partial charge in [-0.1, -0.05) is 187 Å². The van der Waals surface area contributed by atoms with Crippen molar-refractivity contribution in [3.8, 4) is 0 Å². The predicted octanol–water partition coefficient (Wildman–Crippen LogP) is 20.5. The zero-order chi connectivity index (χ0) is 38.8. The van der Waals surface area contributed by atoms with Crippen LogP contribution in [0.1, 0.15) is 322 Å². The molecular formula is C52H110P2. The molecule has 1 unspecified atom stereocenters. The summed E-state index contributed by atoms with van der Waals surface area (Å²) in [6.07, 6.45) is 75.0. The van der Waals surface area contributed by atoms with Gasteiger partial charge >= 0.3 is 164 Å². The second-order valence-electron chi connectivity index (χ2n) is 18.4. The fourth-order valence-electron chi connectivity index (χ4n) is 8.73. The van der Waals surface area contributed by atoms with Crippen molar-refractivity contribution in [1.82, 2.24) is 0 Å². The van der Waals surface area contributed by atoms with Crippen LogP contribution in [0.3, 0.4) is 0 Å². The summed E-state index contributed by atoms with van der Waals surface area (Å²) in [5, 5.41) is 0. The quantitative estimate of drug-likeness (QED) is 0.0425. The Kier molecular flexibility index (Phi) is 54.7. The molecule has 0 aromatic rings. The second-order valence-corrected chi connectivity index (χ2v) is 23.6. The maximum absolute atomic E-state index is 2.31. The number of hydrogen-bond acceptors (Lipinski definition) is 0. The molecule has 0 saturated heterocycles. The van der Waals surface area contributed by atoms with Crippen molar-refractivity contribution in [2.45, 2.75) is 322 Å². The van der Waals surface area contributed by atoms with Gasteiger partial charge in [0, 0.05) is 0 Å². The van der Waals surface area contributed by atoms with E-state index in [9.17, 15) is 0 Å². The molecule has 0 radical (unpaired) electrons. The van der Waals surface area contributed by atoms with Gasteiger partial charge in [-0.2, -0.15) is 0 Å². The average molecular weight is 797 g/mol. The average Bonchev–Trinajstić information content (AvgIpc) is 3.18. The molecule has 0 heterocycles. The van der Waals surface area contributed by atoms with E-state index in [1.54, 1.807) is 25.2 Å². The minimum Gasteiger partial charge on any atom is -0.0654 e. The van der Waals surface area contributed by atoms with Gasteiger partial charge in [0.1, 0.15) is 0 Å². The van der Waals surface area contributed by atoms with Crippen LogP contribution in [0.15, 0.2) is 0 Å². The first kappa shape index (κ1) is 54.9. The molecule has 1 atom stereocenters. The Hall–Kier alpha value is 0.860. The van der Waals surface area contributed by atoms with Crippen molar-refractivity contribution in [3.63, 3.8) is 0 Å². The topological polar surface area (TPSA) is 0 Å². The summed E-state index contributed by atoms with van der Waals surface area (Å²) >= 11 is 0. The second kappa shape index (κ2) is 53.9. The first-order chi connectivity index (χ1) is 26.9. The van der Waals surface area contributed by atoms with Crippen molar-refractivity contribution in [3.05, 3.63) is 0 Å². The van der Waals surface area contributed by atoms with Crippen LogP contribution in [-0.2, 0) is 0 Å². The molecule has 0 amide bonds. The van der Waals surface area contributed by atoms with Gasteiger partial charge in [0.15, 0.2) is 0 Å². The van der Waals surface area contributed by atoms with Crippen LogP contribution >= 0.6 is 16.5 Å². The molecule has 0 N–H and O–H groups in total. The Bertz CT molecular complexity index is 553. The van der Waals surface area contributed by atoms with Crippen molar-refractivity contribution >= 4 is 16.5 Å². The van der Waals surface area contributed by atoms with Gasteiger partial charge in [-0.3, -0.25) is 0 Å². The first-order valence-corrected chi connectivity index (χ1v) is 31.2. The Balaban J connectivity index is 3.05. The van der Waals surface area contributed by atoms with Gasteiger partial charge in [0.2, 0.25) is 0 Å². The predicted molar refractivity (Wildman–Crippen MR) is 262 cm³/mol. The molecule has 0 aliphatic rings. The van der Waals surface area contributed by atoms with Crippen LogP contribution in [0.5, 0.6) is 0 Å². The van der Waals surface area contributed by atoms with Crippen LogP contribution in [0.4, 0.5) is 0 Å². The van der Waals surface area contributed by atoms with E-state index in [0.29, 0.717) is 8.27 Å². The summed E-state index contributed by atoms with van der Waals surface area (Å²) in [7, 11) is 1.69. The van der Waals surface area contributed by atoms with Crippen LogP contribution in [0.2, 0.25) is 0 Å². The van der Waals surface area contributed by atoms with Gasteiger partial charge in [0.05, 0.1) is 0 Å². The number of hydrogen-bond donors (Lipinski definition) is 0. The number of unbranched alkanes of at least 4 members (excludes halogenated alkanes) is 46. The van der Waals surface area contributed by atoms with Crippen molar-refractivity contribution < 1.29 is 0 Å². The summed E-state index contributed by atoms with van der Waals surface area (Å²) in [6.45, 7) is 4.63. The molecule has 0 bridgehead atoms. The van der Waals surface area contributed by atoms with E-state index in [1.807, 2.05) is 0 Å². The van der Waals surface area contributed by atoms with Gasteiger partial charge < -0.3 is 0 Å². The van der Waals surface area contributed by atoms with Gasteiger partial charge in [-0.05, 0) is 0 Å². The fourth-order valence-corrected chi connectivity index (χ4v) is 13.3. The molecule has 0 aliphatic carbocycles. The van der Waals surface area contributed by atoms with E-state index in [4.69, 9.17) is 0 Å². The summed E-state index contributed by atoms with van der Waals surface area (Å²) in [4.78, 5) is 0. The third-order valence-corrected chi connectivity index (χ3v) is 17.8. The molecule has 0 fully saturated rings. The minimum absolute atomic E-state index is 0.294. The van der Waals surface area contributed by atoms with E-state index in [-0.39, 0.29) is 0 Å². The summed E-state index contributed by atoms with van der Waals surface area (Å²) < 4.78 is 0. The fraction of sp³-hybridized carbons (Fsp3) is 1.00. The summed E-state index contributed by atoms with van der Waals surface area (Å²) in [5.74, 6) is 0. The molecule has 0 aromatic carbocycles. The van der Waals surface area contributed by atoms with Gasteiger partial charge in [0.25, 0.3) is 0 Å². The van der Waals surface area contributed by atoms with E-state index >= 15 is 0 Å². The molecule has 0 spiro atoms. The number of rotatable bonds is 51. The first-order valence-electron chi connectivity index (χ1n) is 26.6. The molecule has 0 aromatic heterocycles. The standard InChI is InChI=1S/C52H110P2/c1-3-5-7-9-11-13-15-17-19-21-23-25-27-29-31-33-35-37-39-41-43-45-47-49-51-53-54-52-50-48-46-44-42-40-38-36-34-32-30-28-26-24-22-20-18-16-14-12-10-8-6-4-2/h53H,3-52H2,1-2,54H3. The van der Waals surface area contributed by atoms with Crippen molar-refractivity contribution in [2.24, 2.45) is 0 Å². The Labute approximate surface area is 349 Å². The smallest absolute Gasteiger partial charge is 0.0654 e. The summed E-state index contributed by atoms with van der Waals surface area (Å²) in [5.41, 5.74) is 0. The Morgan fingerprint density at radius 1 is 0.204 bits per heavy atom. The SMILES string of the molecule is CCCCCCCCCCCCCCCCCCCCCCCCCCP[PH3]CCCCCCCCCCCCCCCCCCCCCCCCCC. The van der Waals surface area contributed by atoms with E-state index in [0.717, 1.165) is 0 Å². The summed E-state index contributed by atoms with van der Waals surface area (Å²) in [6, 6.07) is 0.